The molecule has 0 spiro atoms. The third-order valence-electron chi connectivity index (χ3n) is 5.05. The third kappa shape index (κ3) is 4.15. The first-order valence-electron chi connectivity index (χ1n) is 10.2. The fraction of sp³-hybridized carbons (Fsp3) is 0.125. The van der Waals surface area contributed by atoms with Crippen LogP contribution < -0.4 is 14.8 Å². The maximum Gasteiger partial charge on any atom is 0.238 e. The van der Waals surface area contributed by atoms with E-state index in [1.807, 2.05) is 31.2 Å². The van der Waals surface area contributed by atoms with Crippen molar-refractivity contribution >= 4 is 33.0 Å². The molecule has 0 saturated carbocycles. The van der Waals surface area contributed by atoms with Gasteiger partial charge in [0.2, 0.25) is 26.6 Å². The number of hydrogen-bond acceptors (Lipinski definition) is 7. The smallest absolute Gasteiger partial charge is 0.238 e. The maximum absolute atomic E-state index is 13.6. The predicted molar refractivity (Wildman–Crippen MR) is 124 cm³/mol. The summed E-state index contributed by atoms with van der Waals surface area (Å²) in [6.07, 6.45) is 0. The van der Waals surface area contributed by atoms with Gasteiger partial charge in [0, 0.05) is 11.8 Å². The Labute approximate surface area is 195 Å². The van der Waals surface area contributed by atoms with Crippen molar-refractivity contribution in [1.82, 2.24) is 4.98 Å². The summed E-state index contributed by atoms with van der Waals surface area (Å²) < 4.78 is 44.2. The topological polar surface area (TPSA) is 90.7 Å². The summed E-state index contributed by atoms with van der Waals surface area (Å²) in [5.41, 5.74) is 2.15. The molecule has 3 aromatic carbocycles. The largest absolute Gasteiger partial charge is 0.486 e. The number of aromatic nitrogens is 1. The van der Waals surface area contributed by atoms with E-state index in [0.29, 0.717) is 41.0 Å². The fourth-order valence-electron chi connectivity index (χ4n) is 3.47. The highest BCUT2D eigenvalue weighted by atomic mass is 35.5. The number of rotatable bonds is 5. The van der Waals surface area contributed by atoms with Crippen LogP contribution in [0.25, 0.3) is 11.5 Å². The number of hydrogen-bond donors (Lipinski definition) is 1. The SMILES string of the molecule is Cc1cccc(Nc2oc(-c3ccccc3Cl)nc2S(=O)(=O)c2ccc3c(c2)OCCO3)c1. The van der Waals surface area contributed by atoms with Gasteiger partial charge in [0.15, 0.2) is 11.5 Å². The molecule has 0 bridgehead atoms. The first-order chi connectivity index (χ1) is 15.9. The minimum absolute atomic E-state index is 0.00888. The minimum atomic E-state index is -4.08. The molecule has 0 unspecified atom stereocenters. The zero-order chi connectivity index (χ0) is 23.0. The van der Waals surface area contributed by atoms with Crippen LogP contribution in [0.5, 0.6) is 11.5 Å². The molecule has 7 nitrogen and oxygen atoms in total. The molecular formula is C24H19ClN2O5S. The van der Waals surface area contributed by atoms with Crippen LogP contribution in [0.15, 0.2) is 81.1 Å². The molecule has 0 atom stereocenters. The molecule has 0 radical (unpaired) electrons. The van der Waals surface area contributed by atoms with Crippen LogP contribution in [0, 0.1) is 6.92 Å². The lowest BCUT2D eigenvalue weighted by atomic mass is 10.2. The lowest BCUT2D eigenvalue weighted by molar-refractivity contribution is 0.171. The monoisotopic (exact) mass is 482 g/mol. The summed E-state index contributed by atoms with van der Waals surface area (Å²) in [4.78, 5) is 4.36. The summed E-state index contributed by atoms with van der Waals surface area (Å²) in [7, 11) is -4.08. The van der Waals surface area contributed by atoms with Crippen LogP contribution >= 0.6 is 11.6 Å². The van der Waals surface area contributed by atoms with E-state index in [0.717, 1.165) is 5.56 Å². The molecule has 9 heteroatoms. The van der Waals surface area contributed by atoms with Crippen molar-refractivity contribution < 1.29 is 22.3 Å². The number of nitrogens with one attached hydrogen (secondary N) is 1. The van der Waals surface area contributed by atoms with E-state index >= 15 is 0 Å². The molecule has 33 heavy (non-hydrogen) atoms. The van der Waals surface area contributed by atoms with Crippen molar-refractivity contribution in [3.05, 3.63) is 77.3 Å². The molecule has 1 aliphatic rings. The number of ether oxygens (including phenoxy) is 2. The number of anilines is 2. The molecular weight excluding hydrogens is 464 g/mol. The first kappa shape index (κ1) is 21.4. The van der Waals surface area contributed by atoms with Gasteiger partial charge in [-0.25, -0.2) is 8.42 Å². The Morgan fingerprint density at radius 1 is 0.939 bits per heavy atom. The zero-order valence-electron chi connectivity index (χ0n) is 17.5. The number of aryl methyl sites for hydroxylation is 1. The Morgan fingerprint density at radius 2 is 1.73 bits per heavy atom. The van der Waals surface area contributed by atoms with Gasteiger partial charge in [0.1, 0.15) is 13.2 Å². The molecule has 4 aromatic rings. The lowest BCUT2D eigenvalue weighted by Gasteiger charge is -2.18. The Morgan fingerprint density at radius 3 is 2.52 bits per heavy atom. The summed E-state index contributed by atoms with van der Waals surface area (Å²) >= 11 is 6.31. The molecule has 0 saturated heterocycles. The van der Waals surface area contributed by atoms with E-state index in [9.17, 15) is 8.42 Å². The normalized spacial score (nSPS) is 13.0. The van der Waals surface area contributed by atoms with Crippen molar-refractivity contribution in [3.63, 3.8) is 0 Å². The summed E-state index contributed by atoms with van der Waals surface area (Å²) in [6, 6.07) is 18.9. The molecule has 1 aliphatic heterocycles. The highest BCUT2D eigenvalue weighted by Crippen LogP contribution is 2.39. The Kier molecular flexibility index (Phi) is 5.47. The van der Waals surface area contributed by atoms with Gasteiger partial charge in [0.05, 0.1) is 15.5 Å². The Hall–Kier alpha value is -3.49. The van der Waals surface area contributed by atoms with E-state index in [4.69, 9.17) is 25.5 Å². The number of halogens is 1. The van der Waals surface area contributed by atoms with E-state index in [1.165, 1.54) is 12.1 Å². The minimum Gasteiger partial charge on any atom is -0.486 e. The maximum atomic E-state index is 13.6. The quantitative estimate of drug-likeness (QED) is 0.393. The van der Waals surface area contributed by atoms with Crippen molar-refractivity contribution in [2.24, 2.45) is 0 Å². The van der Waals surface area contributed by atoms with Crippen LogP contribution in [0.3, 0.4) is 0 Å². The molecule has 0 amide bonds. The molecule has 0 fully saturated rings. The van der Waals surface area contributed by atoms with Crippen LogP contribution in [-0.2, 0) is 9.84 Å². The second kappa shape index (κ2) is 8.46. The summed E-state index contributed by atoms with van der Waals surface area (Å²) in [6.45, 7) is 2.69. The highest BCUT2D eigenvalue weighted by molar-refractivity contribution is 7.91. The van der Waals surface area contributed by atoms with Crippen molar-refractivity contribution in [2.75, 3.05) is 18.5 Å². The van der Waals surface area contributed by atoms with Gasteiger partial charge in [-0.2, -0.15) is 4.98 Å². The standard InChI is InChI=1S/C24H19ClN2O5S/c1-15-5-4-6-16(13-15)26-23-24(27-22(32-23)18-7-2-3-8-19(18)25)33(28,29)17-9-10-20-21(14-17)31-12-11-30-20/h2-10,13-14,26H,11-12H2,1H3. The van der Waals surface area contributed by atoms with Gasteiger partial charge >= 0.3 is 0 Å². The van der Waals surface area contributed by atoms with Crippen molar-refractivity contribution in [1.29, 1.82) is 0 Å². The molecule has 1 aromatic heterocycles. The highest BCUT2D eigenvalue weighted by Gasteiger charge is 2.30. The second-order valence-corrected chi connectivity index (χ2v) is 9.71. The predicted octanol–water partition coefficient (Wildman–Crippen LogP) is 5.65. The number of oxazole rings is 1. The van der Waals surface area contributed by atoms with Gasteiger partial charge < -0.3 is 19.2 Å². The zero-order valence-corrected chi connectivity index (χ0v) is 19.1. The molecule has 2 heterocycles. The van der Waals surface area contributed by atoms with Crippen LogP contribution in [0.2, 0.25) is 5.02 Å². The van der Waals surface area contributed by atoms with Gasteiger partial charge in [0.25, 0.3) is 0 Å². The first-order valence-corrected chi connectivity index (χ1v) is 12.0. The van der Waals surface area contributed by atoms with Crippen molar-refractivity contribution in [2.45, 2.75) is 16.8 Å². The van der Waals surface area contributed by atoms with Gasteiger partial charge in [-0.15, -0.1) is 0 Å². The molecule has 168 valence electrons. The number of sulfone groups is 1. The Balaban J connectivity index is 1.64. The second-order valence-electron chi connectivity index (χ2n) is 7.44. The van der Waals surface area contributed by atoms with Crippen LogP contribution in [0.4, 0.5) is 11.6 Å². The number of fused-ring (bicyclic) bond motifs is 1. The molecule has 1 N–H and O–H groups in total. The van der Waals surface area contributed by atoms with E-state index in [-0.39, 0.29) is 21.7 Å². The van der Waals surface area contributed by atoms with E-state index in [2.05, 4.69) is 10.3 Å². The average Bonchev–Trinajstić information content (AvgIpc) is 3.23. The average molecular weight is 483 g/mol. The van der Waals surface area contributed by atoms with Gasteiger partial charge in [-0.1, -0.05) is 35.9 Å². The summed E-state index contributed by atoms with van der Waals surface area (Å²) in [5.74, 6) is 0.942. The molecule has 5 rings (SSSR count). The van der Waals surface area contributed by atoms with Gasteiger partial charge in [-0.05, 0) is 48.9 Å². The van der Waals surface area contributed by atoms with Crippen molar-refractivity contribution in [3.8, 4) is 23.0 Å². The number of benzene rings is 3. The fourth-order valence-corrected chi connectivity index (χ4v) is 4.96. The number of nitrogens with zero attached hydrogens (tertiary/aromatic N) is 1. The lowest BCUT2D eigenvalue weighted by Crippen LogP contribution is -2.16. The molecule has 0 aliphatic carbocycles. The third-order valence-corrected chi connectivity index (χ3v) is 7.04. The Bertz CT molecular complexity index is 1450. The summed E-state index contributed by atoms with van der Waals surface area (Å²) in [5, 5.41) is 3.19. The van der Waals surface area contributed by atoms with E-state index in [1.54, 1.807) is 30.3 Å². The van der Waals surface area contributed by atoms with Gasteiger partial charge in [-0.3, -0.25) is 0 Å². The van der Waals surface area contributed by atoms with Crippen LogP contribution in [-0.4, -0.2) is 26.6 Å². The van der Waals surface area contributed by atoms with E-state index < -0.39 is 9.84 Å². The van der Waals surface area contributed by atoms with Crippen LogP contribution in [0.1, 0.15) is 5.56 Å².